The lowest BCUT2D eigenvalue weighted by atomic mass is 10.0. The van der Waals surface area contributed by atoms with E-state index < -0.39 is 20.4 Å². The van der Waals surface area contributed by atoms with Crippen LogP contribution in [0.5, 0.6) is 0 Å². The van der Waals surface area contributed by atoms with Crippen molar-refractivity contribution in [2.24, 2.45) is 7.05 Å². The number of rotatable bonds is 1. The van der Waals surface area contributed by atoms with Crippen LogP contribution in [0.2, 0.25) is 0 Å². The van der Waals surface area contributed by atoms with Crippen molar-refractivity contribution >= 4 is 53.7 Å². The van der Waals surface area contributed by atoms with E-state index in [1.807, 2.05) is 0 Å². The summed E-state index contributed by atoms with van der Waals surface area (Å²) in [5, 5.41) is 0.670. The molecule has 0 atom stereocenters. The molecule has 0 amide bonds. The highest BCUT2D eigenvalue weighted by Crippen LogP contribution is 2.31. The van der Waals surface area contributed by atoms with Crippen molar-refractivity contribution in [3.8, 4) is 0 Å². The third-order valence-corrected chi connectivity index (χ3v) is 6.51. The van der Waals surface area contributed by atoms with Crippen LogP contribution in [0.25, 0.3) is 43.6 Å². The molecular weight excluding hydrogens is 404 g/mol. The fourth-order valence-electron chi connectivity index (χ4n) is 4.28. The van der Waals surface area contributed by atoms with Gasteiger partial charge in [0.1, 0.15) is 4.90 Å². The quantitative estimate of drug-likeness (QED) is 0.320. The first-order chi connectivity index (χ1) is 14.2. The van der Waals surface area contributed by atoms with Gasteiger partial charge in [-0.05, 0) is 36.8 Å². The summed E-state index contributed by atoms with van der Waals surface area (Å²) in [6.07, 6.45) is 0. The van der Waals surface area contributed by atoms with Crippen molar-refractivity contribution in [3.63, 3.8) is 0 Å². The van der Waals surface area contributed by atoms with Crippen LogP contribution in [-0.4, -0.2) is 22.5 Å². The molecule has 0 aliphatic heterocycles. The normalized spacial score (nSPS) is 12.4. The number of aromatic nitrogens is 2. The summed E-state index contributed by atoms with van der Waals surface area (Å²) in [4.78, 5) is 29.1. The highest BCUT2D eigenvalue weighted by Gasteiger charge is 2.26. The van der Waals surface area contributed by atoms with E-state index in [2.05, 4.69) is 4.98 Å². The maximum absolute atomic E-state index is 13.4. The predicted octanol–water partition coefficient (Wildman–Crippen LogP) is 3.24. The molecule has 3 aromatic carbocycles. The average Bonchev–Trinajstić information content (AvgIpc) is 2.70. The minimum Gasteiger partial charge on any atom is -0.354 e. The number of benzene rings is 3. The number of nitrogens with one attached hydrogen (secondary N) is 1. The zero-order chi connectivity index (χ0) is 21.4. The Labute approximate surface area is 169 Å². The van der Waals surface area contributed by atoms with Gasteiger partial charge in [-0.25, -0.2) is 0 Å². The minimum atomic E-state index is -4.84. The summed E-state index contributed by atoms with van der Waals surface area (Å²) in [7, 11) is -3.23. The molecule has 0 saturated carbocycles. The van der Waals surface area contributed by atoms with E-state index in [1.54, 1.807) is 56.4 Å². The molecule has 150 valence electrons. The number of H-pyrrole nitrogens is 1. The fraction of sp³-hybridized carbons (Fsp3) is 0.0909. The van der Waals surface area contributed by atoms with Crippen LogP contribution in [0.1, 0.15) is 5.56 Å². The standard InChI is InChI=1S/C22H16N2O5S/c1-11-6-5-9-16-17(11)21(26)13-10-15-18(22(30(27,28)29)19(13)24(16)2)20(25)12-7-3-4-8-14(12)23-15/h3-10H,1-2H3,(H,23,25)(H,27,28,29). The maximum atomic E-state index is 13.4. The number of hydrogen-bond acceptors (Lipinski definition) is 4. The van der Waals surface area contributed by atoms with Gasteiger partial charge in [-0.1, -0.05) is 24.3 Å². The number of aromatic amines is 1. The molecule has 0 fully saturated rings. The molecule has 0 bridgehead atoms. The van der Waals surface area contributed by atoms with Gasteiger partial charge in [-0.15, -0.1) is 0 Å². The number of para-hydroxylation sites is 1. The maximum Gasteiger partial charge on any atom is 0.297 e. The van der Waals surface area contributed by atoms with E-state index in [0.29, 0.717) is 16.4 Å². The molecule has 2 aromatic heterocycles. The molecule has 0 unspecified atom stereocenters. The molecule has 2 heterocycles. The average molecular weight is 420 g/mol. The Morgan fingerprint density at radius 1 is 0.900 bits per heavy atom. The molecule has 0 spiro atoms. The number of fused-ring (bicyclic) bond motifs is 4. The van der Waals surface area contributed by atoms with E-state index in [9.17, 15) is 22.6 Å². The summed E-state index contributed by atoms with van der Waals surface area (Å²) >= 11 is 0. The van der Waals surface area contributed by atoms with Crippen molar-refractivity contribution in [3.05, 3.63) is 74.5 Å². The monoisotopic (exact) mass is 420 g/mol. The Morgan fingerprint density at radius 2 is 1.60 bits per heavy atom. The largest absolute Gasteiger partial charge is 0.354 e. The lowest BCUT2D eigenvalue weighted by Gasteiger charge is -2.16. The van der Waals surface area contributed by atoms with Gasteiger partial charge in [0.2, 0.25) is 0 Å². The molecular formula is C22H16N2O5S. The lowest BCUT2D eigenvalue weighted by Crippen LogP contribution is -2.17. The first-order valence-corrected chi connectivity index (χ1v) is 10.6. The first-order valence-electron chi connectivity index (χ1n) is 9.17. The summed E-state index contributed by atoms with van der Waals surface area (Å²) < 4.78 is 36.7. The van der Waals surface area contributed by atoms with Crippen LogP contribution in [0.4, 0.5) is 0 Å². The summed E-state index contributed by atoms with van der Waals surface area (Å²) in [6.45, 7) is 1.80. The molecule has 0 radical (unpaired) electrons. The first kappa shape index (κ1) is 18.5. The van der Waals surface area contributed by atoms with E-state index in [4.69, 9.17) is 0 Å². The van der Waals surface area contributed by atoms with Crippen LogP contribution >= 0.6 is 0 Å². The van der Waals surface area contributed by atoms with Crippen molar-refractivity contribution in [1.82, 2.24) is 9.55 Å². The van der Waals surface area contributed by atoms with Crippen LogP contribution in [-0.2, 0) is 17.2 Å². The summed E-state index contributed by atoms with van der Waals surface area (Å²) in [6, 6.07) is 13.4. The Bertz CT molecular complexity index is 1780. The molecule has 0 aliphatic rings. The van der Waals surface area contributed by atoms with Gasteiger partial charge in [0.25, 0.3) is 10.1 Å². The van der Waals surface area contributed by atoms with Crippen molar-refractivity contribution < 1.29 is 13.0 Å². The second kappa shape index (κ2) is 6.01. The topological polar surface area (TPSA) is 109 Å². The Balaban J connectivity index is 2.24. The van der Waals surface area contributed by atoms with Gasteiger partial charge in [-0.2, -0.15) is 8.42 Å². The van der Waals surface area contributed by atoms with Crippen molar-refractivity contribution in [1.29, 1.82) is 0 Å². The number of nitrogens with zero attached hydrogens (tertiary/aromatic N) is 1. The molecule has 5 rings (SSSR count). The van der Waals surface area contributed by atoms with E-state index in [1.165, 1.54) is 10.6 Å². The molecule has 2 N–H and O–H groups in total. The SMILES string of the molecule is Cc1cccc2c1c(=O)c1cc3[nH]c4ccccc4c(=O)c3c(S(=O)(=O)O)c1n2C. The highest BCUT2D eigenvalue weighted by molar-refractivity contribution is 7.86. The van der Waals surface area contributed by atoms with Crippen LogP contribution in [0, 0.1) is 6.92 Å². The fourth-order valence-corrected chi connectivity index (χ4v) is 5.23. The van der Waals surface area contributed by atoms with Gasteiger partial charge in [-0.3, -0.25) is 14.1 Å². The Hall–Kier alpha value is -3.49. The van der Waals surface area contributed by atoms with Gasteiger partial charge in [0.05, 0.1) is 21.9 Å². The number of hydrogen-bond donors (Lipinski definition) is 2. The second-order valence-corrected chi connectivity index (χ2v) is 8.71. The number of aryl methyl sites for hydroxylation is 2. The molecule has 0 saturated heterocycles. The Kier molecular flexibility index (Phi) is 3.71. The minimum absolute atomic E-state index is 0.00567. The third-order valence-electron chi connectivity index (χ3n) is 5.60. The number of pyridine rings is 2. The highest BCUT2D eigenvalue weighted by atomic mass is 32.2. The zero-order valence-corrected chi connectivity index (χ0v) is 16.9. The molecule has 5 aromatic rings. The molecule has 0 aliphatic carbocycles. The molecule has 8 heteroatoms. The third kappa shape index (κ3) is 2.38. The lowest BCUT2D eigenvalue weighted by molar-refractivity contribution is 0.484. The van der Waals surface area contributed by atoms with Gasteiger partial charge < -0.3 is 9.55 Å². The van der Waals surface area contributed by atoms with Gasteiger partial charge in [0, 0.05) is 28.7 Å². The van der Waals surface area contributed by atoms with Crippen LogP contribution in [0.15, 0.2) is 63.0 Å². The van der Waals surface area contributed by atoms with Crippen LogP contribution < -0.4 is 10.9 Å². The smallest absolute Gasteiger partial charge is 0.297 e. The van der Waals surface area contributed by atoms with Crippen molar-refractivity contribution in [2.45, 2.75) is 11.8 Å². The molecule has 30 heavy (non-hydrogen) atoms. The summed E-state index contributed by atoms with van der Waals surface area (Å²) in [5.74, 6) is 0. The van der Waals surface area contributed by atoms with Crippen LogP contribution in [0.3, 0.4) is 0 Å². The van der Waals surface area contributed by atoms with E-state index >= 15 is 0 Å². The van der Waals surface area contributed by atoms with Gasteiger partial charge >= 0.3 is 0 Å². The Morgan fingerprint density at radius 3 is 2.33 bits per heavy atom. The molecule has 7 nitrogen and oxygen atoms in total. The second-order valence-electron chi connectivity index (χ2n) is 7.36. The van der Waals surface area contributed by atoms with E-state index in [-0.39, 0.29) is 32.6 Å². The van der Waals surface area contributed by atoms with E-state index in [0.717, 1.165) is 5.56 Å². The van der Waals surface area contributed by atoms with Gasteiger partial charge in [0.15, 0.2) is 10.9 Å². The zero-order valence-electron chi connectivity index (χ0n) is 16.1. The van der Waals surface area contributed by atoms with Crippen molar-refractivity contribution in [2.75, 3.05) is 0 Å². The summed E-state index contributed by atoms with van der Waals surface area (Å²) in [5.41, 5.74) is 1.02. The predicted molar refractivity (Wildman–Crippen MR) is 117 cm³/mol.